The summed E-state index contributed by atoms with van der Waals surface area (Å²) in [6.45, 7) is 2.79. The van der Waals surface area contributed by atoms with Crippen LogP contribution < -0.4 is 5.32 Å². The summed E-state index contributed by atoms with van der Waals surface area (Å²) >= 11 is 0. The molecular formula is C17H19N5O2. The maximum absolute atomic E-state index is 5.54. The molecule has 7 heteroatoms. The summed E-state index contributed by atoms with van der Waals surface area (Å²) in [6.07, 6.45) is 2.10. The van der Waals surface area contributed by atoms with E-state index in [1.54, 1.807) is 6.26 Å². The molecule has 1 aromatic carbocycles. The lowest BCUT2D eigenvalue weighted by molar-refractivity contribution is 0.190. The van der Waals surface area contributed by atoms with Gasteiger partial charge in [0.15, 0.2) is 5.82 Å². The van der Waals surface area contributed by atoms with Gasteiger partial charge in [-0.3, -0.25) is 4.90 Å². The van der Waals surface area contributed by atoms with Crippen molar-refractivity contribution in [3.63, 3.8) is 0 Å². The van der Waals surface area contributed by atoms with Crippen molar-refractivity contribution in [1.82, 2.24) is 25.3 Å². The molecule has 3 heterocycles. The van der Waals surface area contributed by atoms with Crippen molar-refractivity contribution in [3.05, 3.63) is 54.0 Å². The van der Waals surface area contributed by atoms with Gasteiger partial charge in [0.05, 0.1) is 18.2 Å². The SMILES string of the molecule is CN1CCNCC1c1noc(Cc2coc(-c3ccccc3)n2)n1. The quantitative estimate of drug-likeness (QED) is 0.784. The van der Waals surface area contributed by atoms with E-state index < -0.39 is 0 Å². The predicted octanol–water partition coefficient (Wildman–Crippen LogP) is 1.89. The van der Waals surface area contributed by atoms with Crippen LogP contribution in [0.4, 0.5) is 0 Å². The van der Waals surface area contributed by atoms with Crippen LogP contribution in [0, 0.1) is 0 Å². The van der Waals surface area contributed by atoms with Crippen LogP contribution in [-0.4, -0.2) is 46.7 Å². The first-order valence-electron chi connectivity index (χ1n) is 8.03. The number of hydrogen-bond donors (Lipinski definition) is 1. The maximum atomic E-state index is 5.54. The van der Waals surface area contributed by atoms with Crippen LogP contribution in [0.15, 0.2) is 45.5 Å². The van der Waals surface area contributed by atoms with E-state index in [1.807, 2.05) is 30.3 Å². The Hall–Kier alpha value is -2.51. The molecule has 4 rings (SSSR count). The van der Waals surface area contributed by atoms with Gasteiger partial charge < -0.3 is 14.3 Å². The third-order valence-electron chi connectivity index (χ3n) is 4.20. The summed E-state index contributed by atoms with van der Waals surface area (Å²) in [7, 11) is 2.07. The lowest BCUT2D eigenvalue weighted by Gasteiger charge is -2.30. The minimum Gasteiger partial charge on any atom is -0.444 e. The minimum atomic E-state index is 0.147. The monoisotopic (exact) mass is 325 g/mol. The first-order valence-corrected chi connectivity index (χ1v) is 8.03. The van der Waals surface area contributed by atoms with Crippen LogP contribution in [0.3, 0.4) is 0 Å². The fourth-order valence-corrected chi connectivity index (χ4v) is 2.83. The molecule has 0 spiro atoms. The fraction of sp³-hybridized carbons (Fsp3) is 0.353. The third kappa shape index (κ3) is 3.08. The number of oxazole rings is 1. The van der Waals surface area contributed by atoms with E-state index in [2.05, 4.69) is 32.4 Å². The average molecular weight is 325 g/mol. The molecule has 0 radical (unpaired) electrons. The van der Waals surface area contributed by atoms with Gasteiger partial charge in [0.2, 0.25) is 11.8 Å². The van der Waals surface area contributed by atoms with E-state index in [0.717, 1.165) is 30.9 Å². The van der Waals surface area contributed by atoms with Crippen LogP contribution >= 0.6 is 0 Å². The lowest BCUT2D eigenvalue weighted by atomic mass is 10.2. The van der Waals surface area contributed by atoms with Crippen LogP contribution in [0.1, 0.15) is 23.5 Å². The van der Waals surface area contributed by atoms with Gasteiger partial charge in [-0.1, -0.05) is 23.4 Å². The number of benzene rings is 1. The zero-order valence-electron chi connectivity index (χ0n) is 13.5. The highest BCUT2D eigenvalue weighted by Gasteiger charge is 2.25. The molecule has 1 aliphatic rings. The molecule has 0 saturated carbocycles. The predicted molar refractivity (Wildman–Crippen MR) is 87.3 cm³/mol. The molecular weight excluding hydrogens is 306 g/mol. The van der Waals surface area contributed by atoms with Crippen molar-refractivity contribution < 1.29 is 8.94 Å². The highest BCUT2D eigenvalue weighted by Crippen LogP contribution is 2.21. The second-order valence-corrected chi connectivity index (χ2v) is 5.93. The van der Waals surface area contributed by atoms with Crippen molar-refractivity contribution in [2.75, 3.05) is 26.7 Å². The largest absolute Gasteiger partial charge is 0.444 e. The molecule has 0 bridgehead atoms. The summed E-state index contributed by atoms with van der Waals surface area (Å²) in [6, 6.07) is 9.95. The van der Waals surface area contributed by atoms with Crippen molar-refractivity contribution in [1.29, 1.82) is 0 Å². The Morgan fingerprint density at radius 3 is 2.96 bits per heavy atom. The number of hydrogen-bond acceptors (Lipinski definition) is 7. The topological polar surface area (TPSA) is 80.2 Å². The molecule has 0 aliphatic carbocycles. The molecule has 1 fully saturated rings. The average Bonchev–Trinajstić information content (AvgIpc) is 3.26. The molecule has 124 valence electrons. The summed E-state index contributed by atoms with van der Waals surface area (Å²) in [5, 5.41) is 7.48. The van der Waals surface area contributed by atoms with E-state index in [0.29, 0.717) is 24.0 Å². The second-order valence-electron chi connectivity index (χ2n) is 5.93. The van der Waals surface area contributed by atoms with E-state index in [-0.39, 0.29) is 6.04 Å². The van der Waals surface area contributed by atoms with Crippen LogP contribution in [-0.2, 0) is 6.42 Å². The highest BCUT2D eigenvalue weighted by molar-refractivity contribution is 5.52. The summed E-state index contributed by atoms with van der Waals surface area (Å²) in [4.78, 5) is 11.2. The van der Waals surface area contributed by atoms with E-state index in [9.17, 15) is 0 Å². The number of likely N-dealkylation sites (N-methyl/N-ethyl adjacent to an activating group) is 1. The Morgan fingerprint density at radius 2 is 2.12 bits per heavy atom. The van der Waals surface area contributed by atoms with Crippen molar-refractivity contribution in [3.8, 4) is 11.5 Å². The van der Waals surface area contributed by atoms with Crippen molar-refractivity contribution in [2.45, 2.75) is 12.5 Å². The molecule has 1 atom stereocenters. The molecule has 0 amide bonds. The van der Waals surface area contributed by atoms with E-state index >= 15 is 0 Å². The van der Waals surface area contributed by atoms with Gasteiger partial charge in [-0.05, 0) is 19.2 Å². The summed E-state index contributed by atoms with van der Waals surface area (Å²) in [5.74, 6) is 1.87. The zero-order chi connectivity index (χ0) is 16.4. The van der Waals surface area contributed by atoms with Gasteiger partial charge in [0.1, 0.15) is 6.26 Å². The van der Waals surface area contributed by atoms with Crippen LogP contribution in [0.25, 0.3) is 11.5 Å². The number of nitrogens with one attached hydrogen (secondary N) is 1. The Balaban J connectivity index is 1.47. The molecule has 2 aromatic heterocycles. The molecule has 24 heavy (non-hydrogen) atoms. The van der Waals surface area contributed by atoms with Crippen LogP contribution in [0.5, 0.6) is 0 Å². The number of aromatic nitrogens is 3. The molecule has 1 N–H and O–H groups in total. The fourth-order valence-electron chi connectivity index (χ4n) is 2.83. The Bertz CT molecular complexity index is 798. The number of nitrogens with zero attached hydrogens (tertiary/aromatic N) is 4. The Kier molecular flexibility index (Phi) is 4.10. The van der Waals surface area contributed by atoms with Gasteiger partial charge in [0, 0.05) is 25.2 Å². The number of rotatable bonds is 4. The Morgan fingerprint density at radius 1 is 1.25 bits per heavy atom. The lowest BCUT2D eigenvalue weighted by Crippen LogP contribution is -2.44. The molecule has 1 unspecified atom stereocenters. The van der Waals surface area contributed by atoms with Crippen molar-refractivity contribution in [2.24, 2.45) is 0 Å². The smallest absolute Gasteiger partial charge is 0.232 e. The highest BCUT2D eigenvalue weighted by atomic mass is 16.5. The van der Waals surface area contributed by atoms with Crippen LogP contribution in [0.2, 0.25) is 0 Å². The standard InChI is InChI=1S/C17H19N5O2/c1-22-8-7-18-10-14(22)16-20-15(24-21-16)9-13-11-23-17(19-13)12-5-3-2-4-6-12/h2-6,11,14,18H,7-10H2,1H3. The van der Waals surface area contributed by atoms with Gasteiger partial charge in [-0.25, -0.2) is 4.98 Å². The Labute approximate surface area is 139 Å². The van der Waals surface area contributed by atoms with Crippen molar-refractivity contribution >= 4 is 0 Å². The molecule has 1 saturated heterocycles. The third-order valence-corrected chi connectivity index (χ3v) is 4.20. The maximum Gasteiger partial charge on any atom is 0.232 e. The summed E-state index contributed by atoms with van der Waals surface area (Å²) < 4.78 is 10.9. The van der Waals surface area contributed by atoms with Gasteiger partial charge >= 0.3 is 0 Å². The minimum absolute atomic E-state index is 0.147. The first-order chi connectivity index (χ1) is 11.8. The van der Waals surface area contributed by atoms with Gasteiger partial charge in [0.25, 0.3) is 0 Å². The number of piperazine rings is 1. The molecule has 3 aromatic rings. The van der Waals surface area contributed by atoms with Gasteiger partial charge in [-0.2, -0.15) is 4.98 Å². The van der Waals surface area contributed by atoms with E-state index in [1.165, 1.54) is 0 Å². The molecule has 7 nitrogen and oxygen atoms in total. The zero-order valence-corrected chi connectivity index (χ0v) is 13.5. The second kappa shape index (κ2) is 6.54. The summed E-state index contributed by atoms with van der Waals surface area (Å²) in [5.41, 5.74) is 1.73. The van der Waals surface area contributed by atoms with Gasteiger partial charge in [-0.15, -0.1) is 0 Å². The van der Waals surface area contributed by atoms with E-state index in [4.69, 9.17) is 8.94 Å². The first kappa shape index (κ1) is 15.0. The molecule has 1 aliphatic heterocycles. The normalized spacial score (nSPS) is 18.8.